The van der Waals surface area contributed by atoms with Crippen LogP contribution in [0, 0.1) is 23.4 Å². The summed E-state index contributed by atoms with van der Waals surface area (Å²) in [6.07, 6.45) is 3.15. The van der Waals surface area contributed by atoms with E-state index in [4.69, 9.17) is 9.47 Å². The number of alkyl halides is 2. The first-order valence-electron chi connectivity index (χ1n) is 11.7. The van der Waals surface area contributed by atoms with Gasteiger partial charge >= 0.3 is 6.61 Å². The monoisotopic (exact) mass is 494 g/mol. The van der Waals surface area contributed by atoms with Gasteiger partial charge in [-0.1, -0.05) is 44.0 Å². The maximum Gasteiger partial charge on any atom is 0.387 e. The number of rotatable bonds is 9. The molecule has 0 unspecified atom stereocenters. The summed E-state index contributed by atoms with van der Waals surface area (Å²) in [6, 6.07) is 10.5. The standard InChI is InChI=1S/C27H27F5O3/c1-2-3-4-17-14-33-26(34-15-17)20-9-10-21-19(13-20)8-7-18(24(21)30)6-5-16-11-22(28)25(23(29)12-16)35-27(31)32/h7-13,17,26-27H,2-6,14-15H2,1H3. The molecule has 0 bridgehead atoms. The third-order valence-electron chi connectivity index (χ3n) is 6.21. The molecule has 0 aliphatic carbocycles. The van der Waals surface area contributed by atoms with Gasteiger partial charge in [0.2, 0.25) is 0 Å². The number of ether oxygens (including phenoxy) is 3. The molecule has 4 rings (SSSR count). The summed E-state index contributed by atoms with van der Waals surface area (Å²) in [7, 11) is 0. The van der Waals surface area contributed by atoms with Crippen LogP contribution < -0.4 is 4.74 Å². The van der Waals surface area contributed by atoms with Crippen LogP contribution in [0.4, 0.5) is 22.0 Å². The predicted octanol–water partition coefficient (Wildman–Crippen LogP) is 7.50. The van der Waals surface area contributed by atoms with Gasteiger partial charge in [0.1, 0.15) is 5.82 Å². The molecule has 8 heteroatoms. The summed E-state index contributed by atoms with van der Waals surface area (Å²) in [5.74, 6) is -3.61. The van der Waals surface area contributed by atoms with Crippen molar-refractivity contribution in [2.75, 3.05) is 13.2 Å². The minimum absolute atomic E-state index is 0.117. The molecule has 0 aromatic heterocycles. The fourth-order valence-electron chi connectivity index (χ4n) is 4.33. The van der Waals surface area contributed by atoms with Crippen LogP contribution in [0.3, 0.4) is 0 Å². The quantitative estimate of drug-likeness (QED) is 0.289. The highest BCUT2D eigenvalue weighted by Gasteiger charge is 2.24. The second-order valence-electron chi connectivity index (χ2n) is 8.79. The zero-order valence-corrected chi connectivity index (χ0v) is 19.3. The fraction of sp³-hybridized carbons (Fsp3) is 0.407. The topological polar surface area (TPSA) is 27.7 Å². The Morgan fingerprint density at radius 3 is 2.31 bits per heavy atom. The molecule has 0 atom stereocenters. The summed E-state index contributed by atoms with van der Waals surface area (Å²) in [6.45, 7) is 0.0767. The molecule has 0 N–H and O–H groups in total. The van der Waals surface area contributed by atoms with Crippen molar-refractivity contribution < 1.29 is 36.2 Å². The molecule has 0 saturated carbocycles. The van der Waals surface area contributed by atoms with Crippen LogP contribution in [-0.4, -0.2) is 19.8 Å². The third kappa shape index (κ3) is 6.11. The van der Waals surface area contributed by atoms with Crippen LogP contribution in [0.2, 0.25) is 0 Å². The Morgan fingerprint density at radius 2 is 1.66 bits per heavy atom. The normalized spacial score (nSPS) is 18.4. The third-order valence-corrected chi connectivity index (χ3v) is 6.21. The Bertz CT molecular complexity index is 1140. The maximum absolute atomic E-state index is 15.2. The Kier molecular flexibility index (Phi) is 8.23. The number of benzene rings is 3. The molecule has 0 spiro atoms. The second kappa shape index (κ2) is 11.4. The number of unbranched alkanes of at least 4 members (excludes halogenated alkanes) is 1. The van der Waals surface area contributed by atoms with Crippen molar-refractivity contribution in [1.29, 1.82) is 0 Å². The lowest BCUT2D eigenvalue weighted by molar-refractivity contribution is -0.206. The lowest BCUT2D eigenvalue weighted by Crippen LogP contribution is -2.27. The summed E-state index contributed by atoms with van der Waals surface area (Å²) in [5.41, 5.74) is 1.40. The number of fused-ring (bicyclic) bond motifs is 1. The van der Waals surface area contributed by atoms with Crippen LogP contribution in [0.15, 0.2) is 42.5 Å². The van der Waals surface area contributed by atoms with Gasteiger partial charge in [-0.15, -0.1) is 0 Å². The van der Waals surface area contributed by atoms with Gasteiger partial charge in [0.15, 0.2) is 23.7 Å². The first-order chi connectivity index (χ1) is 16.9. The molecule has 3 aromatic carbocycles. The second-order valence-corrected chi connectivity index (χ2v) is 8.79. The smallest absolute Gasteiger partial charge is 0.387 e. The number of halogens is 5. The molecule has 35 heavy (non-hydrogen) atoms. The van der Waals surface area contributed by atoms with Crippen LogP contribution in [0.5, 0.6) is 5.75 Å². The van der Waals surface area contributed by atoms with Gasteiger partial charge in [0.25, 0.3) is 0 Å². The molecule has 1 aliphatic heterocycles. The summed E-state index contributed by atoms with van der Waals surface area (Å²) < 4.78 is 83.3. The first kappa shape index (κ1) is 25.4. The molecule has 3 aromatic rings. The summed E-state index contributed by atoms with van der Waals surface area (Å²) in [5, 5.41) is 1.11. The number of hydrogen-bond donors (Lipinski definition) is 0. The van der Waals surface area contributed by atoms with E-state index < -0.39 is 36.1 Å². The van der Waals surface area contributed by atoms with Gasteiger partial charge in [-0.3, -0.25) is 0 Å². The Morgan fingerprint density at radius 1 is 0.943 bits per heavy atom. The van der Waals surface area contributed by atoms with E-state index in [1.807, 2.05) is 6.07 Å². The molecule has 1 aliphatic rings. The Hall–Kier alpha value is -2.71. The lowest BCUT2D eigenvalue weighted by atomic mass is 9.98. The molecule has 0 radical (unpaired) electrons. The van der Waals surface area contributed by atoms with Crippen molar-refractivity contribution in [1.82, 2.24) is 0 Å². The van der Waals surface area contributed by atoms with E-state index in [0.29, 0.717) is 35.5 Å². The van der Waals surface area contributed by atoms with E-state index in [1.54, 1.807) is 24.3 Å². The highest BCUT2D eigenvalue weighted by molar-refractivity contribution is 5.84. The molecule has 3 nitrogen and oxygen atoms in total. The van der Waals surface area contributed by atoms with Gasteiger partial charge in [-0.05, 0) is 54.0 Å². The van der Waals surface area contributed by atoms with E-state index in [-0.39, 0.29) is 18.4 Å². The summed E-state index contributed by atoms with van der Waals surface area (Å²) in [4.78, 5) is 0. The van der Waals surface area contributed by atoms with E-state index in [1.165, 1.54) is 0 Å². The van der Waals surface area contributed by atoms with Crippen LogP contribution in [-0.2, 0) is 22.3 Å². The zero-order chi connectivity index (χ0) is 24.9. The SMILES string of the molecule is CCCCC1COC(c2ccc3c(F)c(CCc4cc(F)c(OC(F)F)c(F)c4)ccc3c2)OC1. The molecular formula is C27H27F5O3. The molecule has 188 valence electrons. The van der Waals surface area contributed by atoms with Gasteiger partial charge in [-0.25, -0.2) is 13.2 Å². The van der Waals surface area contributed by atoms with E-state index >= 15 is 4.39 Å². The Balaban J connectivity index is 1.44. The minimum Gasteiger partial charge on any atom is -0.429 e. The predicted molar refractivity (Wildman–Crippen MR) is 122 cm³/mol. The highest BCUT2D eigenvalue weighted by atomic mass is 19.3. The van der Waals surface area contributed by atoms with Crippen LogP contribution >= 0.6 is 0 Å². The first-order valence-corrected chi connectivity index (χ1v) is 11.7. The Labute approximate surface area is 200 Å². The van der Waals surface area contributed by atoms with E-state index in [2.05, 4.69) is 11.7 Å². The van der Waals surface area contributed by atoms with Gasteiger partial charge < -0.3 is 14.2 Å². The van der Waals surface area contributed by atoms with Crippen molar-refractivity contribution in [3.63, 3.8) is 0 Å². The molecule has 0 amide bonds. The van der Waals surface area contributed by atoms with Crippen molar-refractivity contribution in [3.05, 3.63) is 76.6 Å². The average molecular weight is 495 g/mol. The number of hydrogen-bond acceptors (Lipinski definition) is 3. The van der Waals surface area contributed by atoms with Gasteiger partial charge in [-0.2, -0.15) is 8.78 Å². The van der Waals surface area contributed by atoms with Crippen molar-refractivity contribution in [3.8, 4) is 5.75 Å². The van der Waals surface area contributed by atoms with Crippen molar-refractivity contribution >= 4 is 10.8 Å². The van der Waals surface area contributed by atoms with Gasteiger partial charge in [0.05, 0.1) is 13.2 Å². The molecule has 1 fully saturated rings. The van der Waals surface area contributed by atoms with Crippen molar-refractivity contribution in [2.45, 2.75) is 51.9 Å². The minimum atomic E-state index is -3.34. The molecular weight excluding hydrogens is 467 g/mol. The summed E-state index contributed by atoms with van der Waals surface area (Å²) >= 11 is 0. The maximum atomic E-state index is 15.2. The lowest BCUT2D eigenvalue weighted by Gasteiger charge is -2.29. The molecule has 1 saturated heterocycles. The molecule has 1 heterocycles. The number of aryl methyl sites for hydroxylation is 2. The van der Waals surface area contributed by atoms with Crippen LogP contribution in [0.1, 0.15) is 49.2 Å². The van der Waals surface area contributed by atoms with Crippen LogP contribution in [0.25, 0.3) is 10.8 Å². The van der Waals surface area contributed by atoms with Gasteiger partial charge in [0, 0.05) is 16.9 Å². The largest absolute Gasteiger partial charge is 0.429 e. The highest BCUT2D eigenvalue weighted by Crippen LogP contribution is 2.31. The zero-order valence-electron chi connectivity index (χ0n) is 19.3. The van der Waals surface area contributed by atoms with E-state index in [9.17, 15) is 17.6 Å². The van der Waals surface area contributed by atoms with E-state index in [0.717, 1.165) is 37.0 Å². The average Bonchev–Trinajstić information content (AvgIpc) is 2.84. The van der Waals surface area contributed by atoms with Crippen molar-refractivity contribution in [2.24, 2.45) is 5.92 Å². The fourth-order valence-corrected chi connectivity index (χ4v) is 4.33.